The lowest BCUT2D eigenvalue weighted by Gasteiger charge is -2.18. The molecule has 1 N–H and O–H groups in total. The fourth-order valence-electron chi connectivity index (χ4n) is 5.89. The Morgan fingerprint density at radius 1 is 0.488 bits per heavy atom. The second-order valence-electron chi connectivity index (χ2n) is 13.1. The summed E-state index contributed by atoms with van der Waals surface area (Å²) >= 11 is 0. The molecule has 254 valence electrons. The zero-order valence-electron chi connectivity index (χ0n) is 29.0. The third-order valence-electron chi connectivity index (χ3n) is 8.74. The number of aliphatic carboxylic acids is 1. The summed E-state index contributed by atoms with van der Waals surface area (Å²) in [5.41, 5.74) is 0. The van der Waals surface area contributed by atoms with Gasteiger partial charge in [0.05, 0.1) is 0 Å². The zero-order valence-corrected chi connectivity index (χ0v) is 29.0. The van der Waals surface area contributed by atoms with Crippen molar-refractivity contribution in [3.05, 3.63) is 12.2 Å². The highest BCUT2D eigenvalue weighted by Gasteiger charge is 2.14. The summed E-state index contributed by atoms with van der Waals surface area (Å²) in [4.78, 5) is 23.3. The number of ether oxygens (including phenoxy) is 1. The van der Waals surface area contributed by atoms with Crippen LogP contribution >= 0.6 is 0 Å². The third kappa shape index (κ3) is 35.0. The van der Waals surface area contributed by atoms with Gasteiger partial charge in [0.25, 0.3) is 0 Å². The van der Waals surface area contributed by atoms with E-state index < -0.39 is 5.97 Å². The molecule has 0 radical (unpaired) electrons. The van der Waals surface area contributed by atoms with Crippen molar-refractivity contribution < 1.29 is 19.4 Å². The highest BCUT2D eigenvalue weighted by atomic mass is 16.5. The maximum absolute atomic E-state index is 12.6. The lowest BCUT2D eigenvalue weighted by molar-refractivity contribution is -0.150. The SMILES string of the molecule is CCCCC/C=C\CCCCCCCC(=O)OC(CCCCCCCCCCCCCCC)CCCCCCCC(=O)O. The van der Waals surface area contributed by atoms with Crippen LogP contribution in [-0.2, 0) is 14.3 Å². The van der Waals surface area contributed by atoms with Gasteiger partial charge in [-0.1, -0.05) is 154 Å². The van der Waals surface area contributed by atoms with Crippen LogP contribution in [0.4, 0.5) is 0 Å². The van der Waals surface area contributed by atoms with Crippen LogP contribution in [0.2, 0.25) is 0 Å². The van der Waals surface area contributed by atoms with E-state index in [1.54, 1.807) is 0 Å². The Hall–Kier alpha value is -1.32. The largest absolute Gasteiger partial charge is 0.481 e. The van der Waals surface area contributed by atoms with E-state index in [-0.39, 0.29) is 18.5 Å². The fraction of sp³-hybridized carbons (Fsp3) is 0.897. The van der Waals surface area contributed by atoms with Crippen molar-refractivity contribution in [2.24, 2.45) is 0 Å². The summed E-state index contributed by atoms with van der Waals surface area (Å²) < 4.78 is 5.99. The average Bonchev–Trinajstić information content (AvgIpc) is 2.99. The van der Waals surface area contributed by atoms with Gasteiger partial charge in [0.15, 0.2) is 0 Å². The monoisotopic (exact) mass is 607 g/mol. The molecule has 0 fully saturated rings. The summed E-state index contributed by atoms with van der Waals surface area (Å²) in [6.07, 6.45) is 42.2. The molecule has 0 heterocycles. The Bertz CT molecular complexity index is 614. The molecule has 4 heteroatoms. The number of hydrogen-bond donors (Lipinski definition) is 1. The third-order valence-corrected chi connectivity index (χ3v) is 8.74. The number of allylic oxidation sites excluding steroid dienone is 2. The number of unbranched alkanes of at least 4 members (excludes halogenated alkanes) is 24. The molecule has 1 unspecified atom stereocenters. The molecule has 0 aliphatic heterocycles. The van der Waals surface area contributed by atoms with Gasteiger partial charge in [0.1, 0.15) is 6.10 Å². The molecule has 0 aromatic rings. The number of carboxylic acids is 1. The molecule has 0 amide bonds. The molecule has 43 heavy (non-hydrogen) atoms. The van der Waals surface area contributed by atoms with Crippen molar-refractivity contribution in [2.75, 3.05) is 0 Å². The lowest BCUT2D eigenvalue weighted by atomic mass is 10.0. The van der Waals surface area contributed by atoms with Crippen molar-refractivity contribution in [2.45, 2.75) is 225 Å². The summed E-state index contributed by atoms with van der Waals surface area (Å²) in [6, 6.07) is 0. The van der Waals surface area contributed by atoms with Crippen LogP contribution in [-0.4, -0.2) is 23.1 Å². The molecule has 0 aliphatic rings. The van der Waals surface area contributed by atoms with E-state index in [1.807, 2.05) is 0 Å². The van der Waals surface area contributed by atoms with Crippen molar-refractivity contribution in [3.63, 3.8) is 0 Å². The van der Waals surface area contributed by atoms with Crippen molar-refractivity contribution in [1.29, 1.82) is 0 Å². The summed E-state index contributed by atoms with van der Waals surface area (Å²) in [7, 11) is 0. The zero-order chi connectivity index (χ0) is 31.5. The van der Waals surface area contributed by atoms with Crippen LogP contribution in [0.15, 0.2) is 12.2 Å². The van der Waals surface area contributed by atoms with E-state index in [2.05, 4.69) is 26.0 Å². The molecule has 0 bridgehead atoms. The predicted octanol–water partition coefficient (Wildman–Crippen LogP) is 13.1. The number of carbonyl (C=O) groups excluding carboxylic acids is 1. The second-order valence-corrected chi connectivity index (χ2v) is 13.1. The number of carbonyl (C=O) groups is 2. The summed E-state index contributed by atoms with van der Waals surface area (Å²) in [6.45, 7) is 4.53. The van der Waals surface area contributed by atoms with Crippen LogP contribution in [0.5, 0.6) is 0 Å². The highest BCUT2D eigenvalue weighted by molar-refractivity contribution is 5.69. The molecular weight excluding hydrogens is 532 g/mol. The number of esters is 1. The molecule has 0 aromatic heterocycles. The van der Waals surface area contributed by atoms with Crippen molar-refractivity contribution >= 4 is 11.9 Å². The maximum Gasteiger partial charge on any atom is 0.306 e. The van der Waals surface area contributed by atoms with E-state index in [9.17, 15) is 9.59 Å². The van der Waals surface area contributed by atoms with Gasteiger partial charge in [-0.25, -0.2) is 0 Å². The first-order valence-electron chi connectivity index (χ1n) is 19.2. The van der Waals surface area contributed by atoms with Crippen molar-refractivity contribution in [1.82, 2.24) is 0 Å². The van der Waals surface area contributed by atoms with E-state index in [0.29, 0.717) is 6.42 Å². The molecule has 1 atom stereocenters. The van der Waals surface area contributed by atoms with Gasteiger partial charge in [-0.3, -0.25) is 9.59 Å². The van der Waals surface area contributed by atoms with Gasteiger partial charge in [-0.15, -0.1) is 0 Å². The van der Waals surface area contributed by atoms with Gasteiger partial charge < -0.3 is 9.84 Å². The number of carboxylic acid groups (broad SMARTS) is 1. The minimum Gasteiger partial charge on any atom is -0.481 e. The van der Waals surface area contributed by atoms with Gasteiger partial charge in [-0.05, 0) is 64.2 Å². The van der Waals surface area contributed by atoms with Crippen LogP contribution in [0, 0.1) is 0 Å². The van der Waals surface area contributed by atoms with Crippen LogP contribution < -0.4 is 0 Å². The number of rotatable bonds is 35. The highest BCUT2D eigenvalue weighted by Crippen LogP contribution is 2.19. The number of hydrogen-bond acceptors (Lipinski definition) is 3. The van der Waals surface area contributed by atoms with Gasteiger partial charge >= 0.3 is 11.9 Å². The molecule has 4 nitrogen and oxygen atoms in total. The van der Waals surface area contributed by atoms with Gasteiger partial charge in [-0.2, -0.15) is 0 Å². The summed E-state index contributed by atoms with van der Waals surface area (Å²) in [5, 5.41) is 8.81. The van der Waals surface area contributed by atoms with Gasteiger partial charge in [0, 0.05) is 12.8 Å². The predicted molar refractivity (Wildman–Crippen MR) is 186 cm³/mol. The first-order chi connectivity index (χ1) is 21.1. The Labute approximate surface area is 268 Å². The van der Waals surface area contributed by atoms with Crippen molar-refractivity contribution in [3.8, 4) is 0 Å². The molecule has 0 saturated heterocycles. The van der Waals surface area contributed by atoms with Crippen LogP contribution in [0.3, 0.4) is 0 Å². The Balaban J connectivity index is 4.04. The van der Waals surface area contributed by atoms with E-state index in [1.165, 1.54) is 128 Å². The maximum atomic E-state index is 12.6. The first kappa shape index (κ1) is 41.7. The van der Waals surface area contributed by atoms with Crippen LogP contribution in [0.25, 0.3) is 0 Å². The normalized spacial score (nSPS) is 12.2. The molecule has 0 aromatic carbocycles. The fourth-order valence-corrected chi connectivity index (χ4v) is 5.89. The van der Waals surface area contributed by atoms with Crippen LogP contribution in [0.1, 0.15) is 219 Å². The standard InChI is InChI=1S/C39H74O4/c1-3-5-7-9-11-13-15-17-18-20-22-25-29-33-37(34-30-26-24-27-31-35-38(40)41)43-39(42)36-32-28-23-21-19-16-14-12-10-8-6-4-2/h12,14,37H,3-11,13,15-36H2,1-2H3,(H,40,41)/b14-12-. The average molecular weight is 607 g/mol. The Morgan fingerprint density at radius 2 is 0.837 bits per heavy atom. The minimum atomic E-state index is -0.699. The molecule has 0 saturated carbocycles. The quantitative estimate of drug-likeness (QED) is 0.0443. The molecule has 0 aliphatic carbocycles. The minimum absolute atomic E-state index is 0.00355. The Morgan fingerprint density at radius 3 is 1.30 bits per heavy atom. The second kappa shape index (κ2) is 35.2. The van der Waals surface area contributed by atoms with Gasteiger partial charge in [0.2, 0.25) is 0 Å². The Kier molecular flexibility index (Phi) is 34.1. The first-order valence-corrected chi connectivity index (χ1v) is 19.2. The molecule has 0 rings (SSSR count). The van der Waals surface area contributed by atoms with E-state index in [4.69, 9.17) is 9.84 Å². The smallest absolute Gasteiger partial charge is 0.306 e. The molecular formula is C39H74O4. The molecule has 0 spiro atoms. The van der Waals surface area contributed by atoms with E-state index >= 15 is 0 Å². The lowest BCUT2D eigenvalue weighted by Crippen LogP contribution is -2.18. The van der Waals surface area contributed by atoms with E-state index in [0.717, 1.165) is 64.2 Å². The summed E-state index contributed by atoms with van der Waals surface area (Å²) in [5.74, 6) is -0.703. The topological polar surface area (TPSA) is 63.6 Å².